The molecule has 1 aromatic carbocycles. The molecule has 0 aromatic heterocycles. The van der Waals surface area contributed by atoms with Crippen LogP contribution >= 0.6 is 0 Å². The molecule has 0 atom stereocenters. The molecule has 0 aliphatic carbocycles. The highest BCUT2D eigenvalue weighted by Crippen LogP contribution is 2.12. The van der Waals surface area contributed by atoms with E-state index in [4.69, 9.17) is 5.73 Å². The molecule has 0 saturated carbocycles. The third-order valence-electron chi connectivity index (χ3n) is 1.78. The summed E-state index contributed by atoms with van der Waals surface area (Å²) >= 11 is 0. The molecule has 0 saturated heterocycles. The van der Waals surface area contributed by atoms with Crippen molar-refractivity contribution in [2.45, 2.75) is 0 Å². The maximum Gasteiger partial charge on any atom is 0.319 e. The number of benzene rings is 1. The fourth-order valence-corrected chi connectivity index (χ4v) is 1.04. The normalized spacial score (nSPS) is 10.1. The van der Waals surface area contributed by atoms with Gasteiger partial charge >= 0.3 is 6.03 Å². The van der Waals surface area contributed by atoms with Crippen molar-refractivity contribution in [3.8, 4) is 0 Å². The Morgan fingerprint density at radius 2 is 1.88 bits per heavy atom. The molecule has 0 unspecified atom stereocenters. The number of nitrogens with two attached hydrogens (primary N) is 1. The topological polar surface area (TPSA) is 115 Å². The van der Waals surface area contributed by atoms with Gasteiger partial charge in [-0.1, -0.05) is 0 Å². The van der Waals surface area contributed by atoms with E-state index in [2.05, 4.69) is 0 Å². The van der Waals surface area contributed by atoms with E-state index in [1.807, 2.05) is 5.32 Å². The lowest BCUT2D eigenvalue weighted by molar-refractivity contribution is -0.384. The highest BCUT2D eigenvalue weighted by Gasteiger charge is 2.03. The lowest BCUT2D eigenvalue weighted by atomic mass is 10.2. The van der Waals surface area contributed by atoms with Gasteiger partial charge in [0.1, 0.15) is 0 Å². The van der Waals surface area contributed by atoms with Crippen molar-refractivity contribution in [1.82, 2.24) is 5.32 Å². The lowest BCUT2D eigenvalue weighted by Gasteiger charge is -1.95. The third-order valence-corrected chi connectivity index (χ3v) is 1.78. The third kappa shape index (κ3) is 4.12. The van der Waals surface area contributed by atoms with Gasteiger partial charge in [0.05, 0.1) is 4.92 Å². The summed E-state index contributed by atoms with van der Waals surface area (Å²) in [6, 6.07) is 4.64. The molecule has 1 aromatic rings. The van der Waals surface area contributed by atoms with Crippen molar-refractivity contribution in [2.24, 2.45) is 5.73 Å². The zero-order valence-electron chi connectivity index (χ0n) is 8.62. The van der Waals surface area contributed by atoms with Gasteiger partial charge in [-0.3, -0.25) is 20.2 Å². The molecule has 3 N–H and O–H groups in total. The number of primary amides is 1. The van der Waals surface area contributed by atoms with Crippen LogP contribution in [0.5, 0.6) is 0 Å². The Bertz CT molecular complexity index is 479. The van der Waals surface area contributed by atoms with Gasteiger partial charge in [-0.05, 0) is 23.8 Å². The first-order valence-electron chi connectivity index (χ1n) is 4.52. The van der Waals surface area contributed by atoms with Crippen LogP contribution in [0.25, 0.3) is 6.08 Å². The van der Waals surface area contributed by atoms with Crippen LogP contribution in [0.4, 0.5) is 10.5 Å². The fourth-order valence-electron chi connectivity index (χ4n) is 1.04. The van der Waals surface area contributed by atoms with Crippen molar-refractivity contribution in [3.63, 3.8) is 0 Å². The molecule has 0 radical (unpaired) electrons. The minimum atomic E-state index is -0.941. The number of nitrogens with one attached hydrogen (secondary N) is 1. The molecular formula is C10H9N3O4. The van der Waals surface area contributed by atoms with Crippen LogP contribution in [0.2, 0.25) is 0 Å². The van der Waals surface area contributed by atoms with Crippen LogP contribution in [0.15, 0.2) is 30.3 Å². The Morgan fingerprint density at radius 3 is 2.35 bits per heavy atom. The van der Waals surface area contributed by atoms with Crippen LogP contribution < -0.4 is 11.1 Å². The molecule has 3 amide bonds. The molecule has 88 valence electrons. The predicted octanol–water partition coefficient (Wildman–Crippen LogP) is 0.803. The fraction of sp³-hybridized carbons (Fsp3) is 0. The number of carbonyl (C=O) groups excluding carboxylic acids is 2. The molecule has 7 heteroatoms. The van der Waals surface area contributed by atoms with Crippen LogP contribution in [-0.2, 0) is 4.79 Å². The quantitative estimate of drug-likeness (QED) is 0.458. The number of amides is 3. The Balaban J connectivity index is 2.69. The molecule has 0 aliphatic heterocycles. The Labute approximate surface area is 96.1 Å². The zero-order chi connectivity index (χ0) is 12.8. The van der Waals surface area contributed by atoms with Gasteiger partial charge in [0, 0.05) is 18.2 Å². The molecule has 0 spiro atoms. The maximum atomic E-state index is 11.0. The number of hydrogen-bond acceptors (Lipinski definition) is 4. The van der Waals surface area contributed by atoms with Gasteiger partial charge in [-0.25, -0.2) is 4.79 Å². The van der Waals surface area contributed by atoms with Crippen molar-refractivity contribution in [1.29, 1.82) is 0 Å². The highest BCUT2D eigenvalue weighted by atomic mass is 16.6. The zero-order valence-corrected chi connectivity index (χ0v) is 8.62. The summed E-state index contributed by atoms with van der Waals surface area (Å²) in [5.74, 6) is -0.657. The second kappa shape index (κ2) is 5.40. The van der Waals surface area contributed by atoms with E-state index in [-0.39, 0.29) is 5.69 Å². The highest BCUT2D eigenvalue weighted by molar-refractivity contribution is 6.01. The summed E-state index contributed by atoms with van der Waals surface area (Å²) in [5.41, 5.74) is 5.29. The summed E-state index contributed by atoms with van der Waals surface area (Å²) in [6.07, 6.45) is 2.51. The number of nitro groups is 1. The average Bonchev–Trinajstić information content (AvgIpc) is 2.26. The molecule has 0 heterocycles. The van der Waals surface area contributed by atoms with Crippen LogP contribution in [0.3, 0.4) is 0 Å². The van der Waals surface area contributed by atoms with Crippen molar-refractivity contribution in [2.75, 3.05) is 0 Å². The van der Waals surface area contributed by atoms with Gasteiger partial charge in [-0.2, -0.15) is 0 Å². The Hall–Kier alpha value is -2.70. The van der Waals surface area contributed by atoms with Crippen LogP contribution in [0.1, 0.15) is 5.56 Å². The molecule has 0 fully saturated rings. The van der Waals surface area contributed by atoms with Gasteiger partial charge in [0.25, 0.3) is 11.6 Å². The predicted molar refractivity (Wildman–Crippen MR) is 59.9 cm³/mol. The number of carbonyl (C=O) groups is 2. The van der Waals surface area contributed by atoms with Crippen molar-refractivity contribution >= 4 is 23.7 Å². The molecule has 0 bridgehead atoms. The van der Waals surface area contributed by atoms with E-state index >= 15 is 0 Å². The number of rotatable bonds is 3. The number of nitro benzene ring substituents is 1. The van der Waals surface area contributed by atoms with Crippen LogP contribution in [-0.4, -0.2) is 16.9 Å². The first-order valence-corrected chi connectivity index (χ1v) is 4.52. The standard InChI is InChI=1S/C10H9N3O4/c11-10(15)12-9(14)6-3-7-1-4-8(5-2-7)13(16)17/h1-6H,(H3,11,12,14,15). The SMILES string of the molecule is NC(=O)NC(=O)C=Cc1ccc([N+](=O)[O-])cc1. The van der Waals surface area contributed by atoms with E-state index in [9.17, 15) is 19.7 Å². The van der Waals surface area contributed by atoms with Crippen molar-refractivity contribution in [3.05, 3.63) is 46.0 Å². The summed E-state index contributed by atoms with van der Waals surface area (Å²) in [4.78, 5) is 31.2. The first-order chi connectivity index (χ1) is 7.99. The first kappa shape index (κ1) is 12.4. The summed E-state index contributed by atoms with van der Waals surface area (Å²) in [6.45, 7) is 0. The molecule has 17 heavy (non-hydrogen) atoms. The monoisotopic (exact) mass is 235 g/mol. The summed E-state index contributed by atoms with van der Waals surface area (Å²) in [5, 5.41) is 12.2. The van der Waals surface area contributed by atoms with E-state index in [1.165, 1.54) is 30.3 Å². The van der Waals surface area contributed by atoms with Crippen molar-refractivity contribution < 1.29 is 14.5 Å². The lowest BCUT2D eigenvalue weighted by Crippen LogP contribution is -2.33. The van der Waals surface area contributed by atoms with Gasteiger partial charge in [-0.15, -0.1) is 0 Å². The number of hydrogen-bond donors (Lipinski definition) is 2. The second-order valence-electron chi connectivity index (χ2n) is 3.04. The number of imide groups is 1. The van der Waals surface area contributed by atoms with E-state index in [0.717, 1.165) is 6.08 Å². The Kier molecular flexibility index (Phi) is 3.93. The number of nitrogens with zero attached hydrogens (tertiary/aromatic N) is 1. The molecule has 7 nitrogen and oxygen atoms in total. The van der Waals surface area contributed by atoms with Gasteiger partial charge in [0.2, 0.25) is 0 Å². The summed E-state index contributed by atoms with van der Waals surface area (Å²) < 4.78 is 0. The van der Waals surface area contributed by atoms with E-state index < -0.39 is 16.9 Å². The molecular weight excluding hydrogens is 226 g/mol. The molecule has 1 rings (SSSR count). The van der Waals surface area contributed by atoms with Gasteiger partial charge < -0.3 is 5.73 Å². The van der Waals surface area contributed by atoms with E-state index in [1.54, 1.807) is 0 Å². The summed E-state index contributed by atoms with van der Waals surface area (Å²) in [7, 11) is 0. The average molecular weight is 235 g/mol. The second-order valence-corrected chi connectivity index (χ2v) is 3.04. The minimum Gasteiger partial charge on any atom is -0.351 e. The number of urea groups is 1. The Morgan fingerprint density at radius 1 is 1.29 bits per heavy atom. The minimum absolute atomic E-state index is 0.0382. The van der Waals surface area contributed by atoms with Gasteiger partial charge in [0.15, 0.2) is 0 Å². The molecule has 0 aliphatic rings. The largest absolute Gasteiger partial charge is 0.351 e. The van der Waals surface area contributed by atoms with E-state index in [0.29, 0.717) is 5.56 Å². The smallest absolute Gasteiger partial charge is 0.319 e. The number of non-ortho nitro benzene ring substituents is 1. The van der Waals surface area contributed by atoms with Crippen LogP contribution in [0, 0.1) is 10.1 Å². The maximum absolute atomic E-state index is 11.0.